The van der Waals surface area contributed by atoms with Crippen molar-refractivity contribution in [3.63, 3.8) is 0 Å². The second-order valence-electron chi connectivity index (χ2n) is 3.30. The molecule has 0 unspecified atom stereocenters. The van der Waals surface area contributed by atoms with E-state index in [-0.39, 0.29) is 0 Å². The van der Waals surface area contributed by atoms with Crippen LogP contribution in [0, 0.1) is 6.92 Å². The first-order chi connectivity index (χ1) is 7.22. The zero-order valence-corrected chi connectivity index (χ0v) is 9.96. The number of halogens is 1. The molecule has 0 spiro atoms. The molecule has 1 aromatic heterocycles. The average Bonchev–Trinajstić information content (AvgIpc) is 2.61. The molecular weight excluding hydrogens is 228 g/mol. The minimum Gasteiger partial charge on any atom is -0.238 e. The van der Waals surface area contributed by atoms with E-state index in [0.29, 0.717) is 5.75 Å². The van der Waals surface area contributed by atoms with Crippen molar-refractivity contribution in [1.82, 2.24) is 9.78 Å². The standard InChI is InChI=1S/C11H11ClN2S/c1-8-9(7-15)6-13-14(8)11-4-2-10(12)3-5-11/h2-6,15H,7H2,1H3. The van der Waals surface area contributed by atoms with E-state index in [9.17, 15) is 0 Å². The second-order valence-corrected chi connectivity index (χ2v) is 4.05. The molecule has 0 N–H and O–H groups in total. The fraction of sp³-hybridized carbons (Fsp3) is 0.182. The van der Waals surface area contributed by atoms with Gasteiger partial charge in [0.05, 0.1) is 11.9 Å². The van der Waals surface area contributed by atoms with E-state index < -0.39 is 0 Å². The molecule has 0 saturated heterocycles. The molecule has 78 valence electrons. The molecule has 1 heterocycles. The SMILES string of the molecule is Cc1c(CS)cnn1-c1ccc(Cl)cc1. The molecule has 4 heteroatoms. The van der Waals surface area contributed by atoms with Gasteiger partial charge >= 0.3 is 0 Å². The molecular formula is C11H11ClN2S. The van der Waals surface area contributed by atoms with Crippen molar-refractivity contribution < 1.29 is 0 Å². The Bertz CT molecular complexity index is 462. The van der Waals surface area contributed by atoms with Crippen molar-refractivity contribution in [3.05, 3.63) is 46.7 Å². The van der Waals surface area contributed by atoms with E-state index >= 15 is 0 Å². The van der Waals surface area contributed by atoms with Crippen molar-refractivity contribution in [3.8, 4) is 5.69 Å². The molecule has 2 nitrogen and oxygen atoms in total. The lowest BCUT2D eigenvalue weighted by Crippen LogP contribution is -1.98. The highest BCUT2D eigenvalue weighted by Crippen LogP contribution is 2.17. The fourth-order valence-electron chi connectivity index (χ4n) is 1.44. The van der Waals surface area contributed by atoms with Gasteiger partial charge in [0.25, 0.3) is 0 Å². The van der Waals surface area contributed by atoms with Gasteiger partial charge in [-0.15, -0.1) is 0 Å². The van der Waals surface area contributed by atoms with Crippen molar-refractivity contribution in [2.24, 2.45) is 0 Å². The molecule has 1 aromatic carbocycles. The van der Waals surface area contributed by atoms with Crippen LogP contribution >= 0.6 is 24.2 Å². The number of thiol groups is 1. The van der Waals surface area contributed by atoms with E-state index in [0.717, 1.165) is 22.0 Å². The fourth-order valence-corrected chi connectivity index (χ4v) is 1.88. The van der Waals surface area contributed by atoms with Crippen LogP contribution in [0.1, 0.15) is 11.3 Å². The lowest BCUT2D eigenvalue weighted by atomic mass is 10.3. The van der Waals surface area contributed by atoms with Gasteiger partial charge in [-0.1, -0.05) is 11.6 Å². The summed E-state index contributed by atoms with van der Waals surface area (Å²) in [4.78, 5) is 0. The summed E-state index contributed by atoms with van der Waals surface area (Å²) in [6.45, 7) is 2.03. The maximum absolute atomic E-state index is 5.83. The summed E-state index contributed by atoms with van der Waals surface area (Å²) in [5.74, 6) is 0.708. The number of hydrogen-bond donors (Lipinski definition) is 1. The van der Waals surface area contributed by atoms with Gasteiger partial charge < -0.3 is 0 Å². The summed E-state index contributed by atoms with van der Waals surface area (Å²) in [5, 5.41) is 5.05. The van der Waals surface area contributed by atoms with Crippen LogP contribution in [0.15, 0.2) is 30.5 Å². The summed E-state index contributed by atoms with van der Waals surface area (Å²) in [6.07, 6.45) is 1.84. The van der Waals surface area contributed by atoms with Crippen molar-refractivity contribution in [1.29, 1.82) is 0 Å². The molecule has 0 amide bonds. The summed E-state index contributed by atoms with van der Waals surface area (Å²) >= 11 is 10.1. The Morgan fingerprint density at radius 1 is 1.33 bits per heavy atom. The van der Waals surface area contributed by atoms with E-state index in [1.165, 1.54) is 0 Å². The van der Waals surface area contributed by atoms with Crippen LogP contribution < -0.4 is 0 Å². The van der Waals surface area contributed by atoms with Crippen molar-refractivity contribution in [2.75, 3.05) is 0 Å². The minimum atomic E-state index is 0.708. The van der Waals surface area contributed by atoms with Crippen LogP contribution in [-0.2, 0) is 5.75 Å². The van der Waals surface area contributed by atoms with E-state index in [4.69, 9.17) is 11.6 Å². The Morgan fingerprint density at radius 3 is 2.53 bits per heavy atom. The predicted octanol–water partition coefficient (Wildman–Crippen LogP) is 3.26. The lowest BCUT2D eigenvalue weighted by Gasteiger charge is -2.04. The summed E-state index contributed by atoms with van der Waals surface area (Å²) < 4.78 is 1.89. The second kappa shape index (κ2) is 4.29. The maximum Gasteiger partial charge on any atom is 0.0649 e. The molecule has 2 aromatic rings. The van der Waals surface area contributed by atoms with E-state index in [1.807, 2.05) is 42.1 Å². The third kappa shape index (κ3) is 2.03. The van der Waals surface area contributed by atoms with Gasteiger partial charge in [0.1, 0.15) is 0 Å². The first-order valence-electron chi connectivity index (χ1n) is 4.62. The molecule has 15 heavy (non-hydrogen) atoms. The van der Waals surface area contributed by atoms with Crippen LogP contribution in [0.3, 0.4) is 0 Å². The zero-order valence-electron chi connectivity index (χ0n) is 8.31. The molecule has 0 radical (unpaired) electrons. The van der Waals surface area contributed by atoms with Gasteiger partial charge in [-0.05, 0) is 31.2 Å². The van der Waals surface area contributed by atoms with Gasteiger partial charge in [-0.3, -0.25) is 0 Å². The van der Waals surface area contributed by atoms with Crippen LogP contribution in [-0.4, -0.2) is 9.78 Å². The van der Waals surface area contributed by atoms with E-state index in [1.54, 1.807) is 0 Å². The third-order valence-corrected chi connectivity index (χ3v) is 2.95. The first-order valence-corrected chi connectivity index (χ1v) is 5.63. The molecule has 0 fully saturated rings. The van der Waals surface area contributed by atoms with Gasteiger partial charge in [-0.25, -0.2) is 4.68 Å². The molecule has 0 bridgehead atoms. The quantitative estimate of drug-likeness (QED) is 0.796. The molecule has 0 saturated carbocycles. The minimum absolute atomic E-state index is 0.708. The van der Waals surface area contributed by atoms with Gasteiger partial charge in [0.15, 0.2) is 0 Å². The molecule has 0 atom stereocenters. The van der Waals surface area contributed by atoms with Crippen molar-refractivity contribution in [2.45, 2.75) is 12.7 Å². The zero-order chi connectivity index (χ0) is 10.8. The van der Waals surface area contributed by atoms with Crippen LogP contribution in [0.4, 0.5) is 0 Å². The van der Waals surface area contributed by atoms with E-state index in [2.05, 4.69) is 17.7 Å². The monoisotopic (exact) mass is 238 g/mol. The Morgan fingerprint density at radius 2 is 2.00 bits per heavy atom. The van der Waals surface area contributed by atoms with Gasteiger partial charge in [0, 0.05) is 22.0 Å². The van der Waals surface area contributed by atoms with Gasteiger partial charge in [0.2, 0.25) is 0 Å². The highest BCUT2D eigenvalue weighted by molar-refractivity contribution is 7.79. The number of aromatic nitrogens is 2. The summed E-state index contributed by atoms with van der Waals surface area (Å²) in [7, 11) is 0. The Balaban J connectivity index is 2.45. The first kappa shape index (κ1) is 10.6. The molecule has 0 aliphatic carbocycles. The maximum atomic E-state index is 5.83. The molecule has 0 aliphatic rings. The Kier molecular flexibility index (Phi) is 3.03. The van der Waals surface area contributed by atoms with Crippen LogP contribution in [0.2, 0.25) is 5.02 Å². The Labute approximate surface area is 99.3 Å². The number of benzene rings is 1. The van der Waals surface area contributed by atoms with Gasteiger partial charge in [-0.2, -0.15) is 17.7 Å². The predicted molar refractivity (Wildman–Crippen MR) is 66.0 cm³/mol. The highest BCUT2D eigenvalue weighted by Gasteiger charge is 2.06. The molecule has 0 aliphatic heterocycles. The number of hydrogen-bond acceptors (Lipinski definition) is 2. The summed E-state index contributed by atoms with van der Waals surface area (Å²) in [5.41, 5.74) is 3.28. The molecule has 2 rings (SSSR count). The van der Waals surface area contributed by atoms with Crippen LogP contribution in [0.25, 0.3) is 5.69 Å². The third-order valence-electron chi connectivity index (χ3n) is 2.35. The number of rotatable bonds is 2. The average molecular weight is 239 g/mol. The smallest absolute Gasteiger partial charge is 0.0649 e. The number of nitrogens with zero attached hydrogens (tertiary/aromatic N) is 2. The topological polar surface area (TPSA) is 17.8 Å². The summed E-state index contributed by atoms with van der Waals surface area (Å²) in [6, 6.07) is 7.62. The van der Waals surface area contributed by atoms with Crippen molar-refractivity contribution >= 4 is 24.2 Å². The lowest BCUT2D eigenvalue weighted by molar-refractivity contribution is 0.845. The Hall–Kier alpha value is -0.930. The highest BCUT2D eigenvalue weighted by atomic mass is 35.5. The normalized spacial score (nSPS) is 10.6. The van der Waals surface area contributed by atoms with Crippen LogP contribution in [0.5, 0.6) is 0 Å². The largest absolute Gasteiger partial charge is 0.238 e.